The second kappa shape index (κ2) is 16.4. The smallest absolute Gasteiger partial charge is 0.187 e. The van der Waals surface area contributed by atoms with E-state index in [9.17, 15) is 46.0 Å². The van der Waals surface area contributed by atoms with E-state index in [1.165, 1.54) is 0 Å². The van der Waals surface area contributed by atoms with E-state index in [0.29, 0.717) is 25.6 Å². The van der Waals surface area contributed by atoms with Gasteiger partial charge in [0.25, 0.3) is 0 Å². The Morgan fingerprint density at radius 1 is 0.683 bits per heavy atom. The second-order valence-electron chi connectivity index (χ2n) is 22.4. The van der Waals surface area contributed by atoms with E-state index in [2.05, 4.69) is 47.6 Å². The molecule has 4 saturated carbocycles. The van der Waals surface area contributed by atoms with Crippen molar-refractivity contribution in [3.05, 3.63) is 11.6 Å². The molecule has 0 aromatic carbocycles. The fourth-order valence-corrected chi connectivity index (χ4v) is 15.5. The molecule has 17 heteroatoms. The third-order valence-corrected chi connectivity index (χ3v) is 18.7. The Bertz CT molecular complexity index is 1710. The maximum Gasteiger partial charge on any atom is 0.187 e. The van der Waals surface area contributed by atoms with E-state index < -0.39 is 110 Å². The van der Waals surface area contributed by atoms with E-state index in [4.69, 9.17) is 37.9 Å². The van der Waals surface area contributed by atoms with Crippen molar-refractivity contribution in [2.45, 2.75) is 191 Å². The van der Waals surface area contributed by atoms with Crippen LogP contribution in [0.25, 0.3) is 0 Å². The summed E-state index contributed by atoms with van der Waals surface area (Å²) in [5.74, 6) is -0.140. The summed E-state index contributed by atoms with van der Waals surface area (Å²) in [6, 6.07) is 0. The lowest BCUT2D eigenvalue weighted by molar-refractivity contribution is -0.375. The van der Waals surface area contributed by atoms with Gasteiger partial charge < -0.3 is 83.9 Å². The van der Waals surface area contributed by atoms with Gasteiger partial charge in [-0.25, -0.2) is 0 Å². The Kier molecular flexibility index (Phi) is 12.2. The molecular weight excluding hydrogens is 824 g/mol. The van der Waals surface area contributed by atoms with Gasteiger partial charge in [0.15, 0.2) is 24.7 Å². The van der Waals surface area contributed by atoms with Gasteiger partial charge in [0, 0.05) is 23.7 Å². The molecule has 24 atom stereocenters. The first-order chi connectivity index (χ1) is 29.6. The van der Waals surface area contributed by atoms with Gasteiger partial charge in [0.2, 0.25) is 0 Å². The quantitative estimate of drug-likeness (QED) is 0.113. The SMILES string of the molecule is CC(C)=C[C@@H]1CO[C@]23C[C@@]4(CO2)[C@@H](CC[C@@H]2[C@@]5(C)CC[C@H](O[C@H]6OC[C@H](O)[C@H](O[C@H]7O[C@H](CO)[C@H](O)[C@H](O)[C@H]7O)[C@H]6O[C@@H]6O[C@@H](CO)[C@H](O)[C@H]6O)C(C)(C)[C@@H]5CC[C@]24C)[C@H]3[C@@]1(C)O. The van der Waals surface area contributed by atoms with Gasteiger partial charge in [-0.1, -0.05) is 39.3 Å². The van der Waals surface area contributed by atoms with E-state index in [1.807, 2.05) is 6.92 Å². The number of hydrogen-bond acceptors (Lipinski definition) is 17. The van der Waals surface area contributed by atoms with Crippen LogP contribution in [-0.2, 0) is 37.9 Å². The molecule has 5 aliphatic heterocycles. The highest BCUT2D eigenvalue weighted by Gasteiger charge is 2.81. The van der Waals surface area contributed by atoms with Crippen LogP contribution in [0.5, 0.6) is 0 Å². The van der Waals surface area contributed by atoms with Crippen LogP contribution in [0.1, 0.15) is 93.4 Å². The van der Waals surface area contributed by atoms with E-state index in [1.54, 1.807) is 0 Å². The minimum absolute atomic E-state index is 0.0626. The van der Waals surface area contributed by atoms with Crippen LogP contribution >= 0.6 is 0 Å². The minimum Gasteiger partial charge on any atom is -0.394 e. The van der Waals surface area contributed by atoms with Crippen LogP contribution in [0.2, 0.25) is 0 Å². The number of hydrogen-bond donors (Lipinski definition) is 9. The average molecular weight is 899 g/mol. The lowest BCUT2D eigenvalue weighted by Crippen LogP contribution is -2.68. The molecule has 2 spiro atoms. The molecule has 9 rings (SSSR count). The van der Waals surface area contributed by atoms with Crippen molar-refractivity contribution >= 4 is 0 Å². The number of aliphatic hydroxyl groups excluding tert-OH is 8. The zero-order valence-electron chi connectivity index (χ0n) is 37.8. The predicted octanol–water partition coefficient (Wildman–Crippen LogP) is 0.463. The van der Waals surface area contributed by atoms with Gasteiger partial charge in [0.1, 0.15) is 61.0 Å². The summed E-state index contributed by atoms with van der Waals surface area (Å²) in [6.45, 7) is 15.1. The summed E-state index contributed by atoms with van der Waals surface area (Å²) in [4.78, 5) is 0. The number of allylic oxidation sites excluding steroid dienone is 1. The molecule has 17 nitrogen and oxygen atoms in total. The maximum absolute atomic E-state index is 12.4. The predicted molar refractivity (Wildman–Crippen MR) is 219 cm³/mol. The highest BCUT2D eigenvalue weighted by atomic mass is 16.8. The first-order valence-corrected chi connectivity index (χ1v) is 23.4. The summed E-state index contributed by atoms with van der Waals surface area (Å²) < 4.78 is 50.5. The molecule has 2 bridgehead atoms. The first-order valence-electron chi connectivity index (χ1n) is 23.4. The second-order valence-corrected chi connectivity index (χ2v) is 22.4. The lowest BCUT2D eigenvalue weighted by atomic mass is 9.35. The normalized spacial score (nSPS) is 57.2. The largest absolute Gasteiger partial charge is 0.394 e. The van der Waals surface area contributed by atoms with Crippen LogP contribution in [0.15, 0.2) is 11.6 Å². The highest BCUT2D eigenvalue weighted by Crippen LogP contribution is 2.80. The molecule has 0 aromatic heterocycles. The van der Waals surface area contributed by atoms with E-state index in [0.717, 1.165) is 44.1 Å². The topological polar surface area (TPSA) is 256 Å². The first kappa shape index (κ1) is 47.1. The Hall–Kier alpha value is -0.940. The zero-order chi connectivity index (χ0) is 45.4. The Balaban J connectivity index is 0.970. The van der Waals surface area contributed by atoms with Crippen molar-refractivity contribution in [2.24, 2.45) is 51.2 Å². The average Bonchev–Trinajstić information content (AvgIpc) is 3.85. The van der Waals surface area contributed by atoms with Crippen molar-refractivity contribution in [1.29, 1.82) is 0 Å². The maximum atomic E-state index is 12.4. The molecule has 360 valence electrons. The van der Waals surface area contributed by atoms with Crippen LogP contribution in [0.3, 0.4) is 0 Å². The Morgan fingerprint density at radius 3 is 1.97 bits per heavy atom. The van der Waals surface area contributed by atoms with Gasteiger partial charge in [-0.2, -0.15) is 0 Å². The van der Waals surface area contributed by atoms with Crippen molar-refractivity contribution in [3.63, 3.8) is 0 Å². The van der Waals surface area contributed by atoms with Crippen LogP contribution in [-0.4, -0.2) is 176 Å². The molecule has 5 saturated heterocycles. The molecule has 0 radical (unpaired) electrons. The summed E-state index contributed by atoms with van der Waals surface area (Å²) in [5.41, 5.74) is -0.487. The van der Waals surface area contributed by atoms with Gasteiger partial charge in [-0.3, -0.25) is 0 Å². The summed E-state index contributed by atoms with van der Waals surface area (Å²) in [5, 5.41) is 96.9. The van der Waals surface area contributed by atoms with Crippen LogP contribution < -0.4 is 0 Å². The number of fused-ring (bicyclic) bond motifs is 4. The van der Waals surface area contributed by atoms with Gasteiger partial charge in [0.05, 0.1) is 44.7 Å². The van der Waals surface area contributed by atoms with Crippen molar-refractivity contribution in [2.75, 3.05) is 33.0 Å². The number of aliphatic hydroxyl groups is 9. The van der Waals surface area contributed by atoms with Crippen LogP contribution in [0.4, 0.5) is 0 Å². The lowest BCUT2D eigenvalue weighted by Gasteiger charge is -2.70. The van der Waals surface area contributed by atoms with Gasteiger partial charge >= 0.3 is 0 Å². The van der Waals surface area contributed by atoms with Crippen LogP contribution in [0, 0.1) is 51.2 Å². The Labute approximate surface area is 369 Å². The molecular formula is C46H74O17. The molecule has 0 unspecified atom stereocenters. The monoisotopic (exact) mass is 898 g/mol. The van der Waals surface area contributed by atoms with E-state index in [-0.39, 0.29) is 52.6 Å². The molecule has 0 aromatic rings. The molecule has 5 heterocycles. The van der Waals surface area contributed by atoms with Crippen molar-refractivity contribution in [3.8, 4) is 0 Å². The summed E-state index contributed by atoms with van der Waals surface area (Å²) in [7, 11) is 0. The fourth-order valence-electron chi connectivity index (χ4n) is 15.5. The minimum atomic E-state index is -1.79. The fraction of sp³-hybridized carbons (Fsp3) is 0.957. The highest BCUT2D eigenvalue weighted by molar-refractivity contribution is 5.27. The molecule has 9 fully saturated rings. The zero-order valence-corrected chi connectivity index (χ0v) is 37.8. The van der Waals surface area contributed by atoms with Gasteiger partial charge in [-0.15, -0.1) is 0 Å². The number of ether oxygens (including phenoxy) is 8. The van der Waals surface area contributed by atoms with Gasteiger partial charge in [-0.05, 0) is 93.3 Å². The third kappa shape index (κ3) is 6.95. The van der Waals surface area contributed by atoms with Crippen molar-refractivity contribution in [1.82, 2.24) is 0 Å². The standard InChI is InChI=1S/C46H74O17/c1-21(2)14-22-17-57-46-19-45(20-58-46)23(37(46)44(22,7)55)8-9-28-42(5)12-11-29(41(3,4)27(42)10-13-43(28,45)6)61-40-36(63-38-33(53)31(51)26(16-48)60-38)35(24(49)18-56-40)62-39-34(54)32(52)30(50)25(15-47)59-39/h14,22-40,47-55H,8-13,15-20H2,1-7H3/t22-,23+,24+,25-,26+,27+,28-,29+,30+,31+,32+,33-,34-,35+,36-,37+,38+,39-,40-,42+,43-,44+,45-,46-/m1/s1. The molecule has 63 heavy (non-hydrogen) atoms. The molecule has 4 aliphatic carbocycles. The number of rotatable bonds is 9. The molecule has 9 N–H and O–H groups in total. The Morgan fingerprint density at radius 2 is 1.32 bits per heavy atom. The third-order valence-electron chi connectivity index (χ3n) is 18.7. The van der Waals surface area contributed by atoms with Crippen molar-refractivity contribution < 1.29 is 83.9 Å². The summed E-state index contributed by atoms with van der Waals surface area (Å²) in [6.07, 6.45) is -11.3. The summed E-state index contributed by atoms with van der Waals surface area (Å²) >= 11 is 0. The molecule has 0 amide bonds. The van der Waals surface area contributed by atoms with E-state index >= 15 is 0 Å². The molecule has 9 aliphatic rings.